The monoisotopic (exact) mass is 347 g/mol. The largest absolute Gasteiger partial charge is 0.385 e. The van der Waals surface area contributed by atoms with Crippen LogP contribution in [-0.2, 0) is 4.74 Å². The third-order valence-corrected chi connectivity index (χ3v) is 4.82. The van der Waals surface area contributed by atoms with Gasteiger partial charge in [-0.1, -0.05) is 0 Å². The molecule has 25 heavy (non-hydrogen) atoms. The fraction of sp³-hybridized carbons (Fsp3) is 0.688. The zero-order chi connectivity index (χ0) is 17.3. The van der Waals surface area contributed by atoms with Crippen LogP contribution < -0.4 is 10.2 Å². The average Bonchev–Trinajstić information content (AvgIpc) is 2.96. The van der Waals surface area contributed by atoms with Crippen LogP contribution in [0.15, 0.2) is 12.4 Å². The van der Waals surface area contributed by atoms with Crippen molar-refractivity contribution in [2.75, 3.05) is 63.9 Å². The molecule has 0 unspecified atom stereocenters. The molecule has 2 aliphatic rings. The van der Waals surface area contributed by atoms with Crippen LogP contribution >= 0.6 is 0 Å². The molecule has 0 radical (unpaired) electrons. The maximum Gasteiger partial charge on any atom is 0.254 e. The molecule has 2 aliphatic heterocycles. The molecule has 2 fully saturated rings. The number of aryl methyl sites for hydroxylation is 1. The minimum atomic E-state index is -0.814. The van der Waals surface area contributed by atoms with Crippen molar-refractivity contribution in [3.05, 3.63) is 18.1 Å². The van der Waals surface area contributed by atoms with E-state index in [9.17, 15) is 5.11 Å². The maximum atomic E-state index is 10.8. The van der Waals surface area contributed by atoms with Crippen LogP contribution in [0.3, 0.4) is 0 Å². The van der Waals surface area contributed by atoms with Gasteiger partial charge in [0.25, 0.3) is 5.78 Å². The molecule has 2 saturated heterocycles. The number of nitrogens with one attached hydrogen (secondary N) is 1. The van der Waals surface area contributed by atoms with Crippen molar-refractivity contribution in [3.63, 3.8) is 0 Å². The highest BCUT2D eigenvalue weighted by Crippen LogP contribution is 2.19. The Balaban J connectivity index is 1.42. The summed E-state index contributed by atoms with van der Waals surface area (Å²) in [5.41, 5.74) is 0.124. The van der Waals surface area contributed by atoms with Crippen molar-refractivity contribution in [2.24, 2.45) is 0 Å². The lowest BCUT2D eigenvalue weighted by Crippen LogP contribution is -2.56. The summed E-state index contributed by atoms with van der Waals surface area (Å²) in [5.74, 6) is 1.66. The number of fused-ring (bicyclic) bond motifs is 1. The second-order valence-electron chi connectivity index (χ2n) is 6.94. The van der Waals surface area contributed by atoms with Gasteiger partial charge in [0, 0.05) is 57.6 Å². The Kier molecular flexibility index (Phi) is 4.55. The Morgan fingerprint density at radius 1 is 1.32 bits per heavy atom. The second-order valence-corrected chi connectivity index (χ2v) is 6.94. The van der Waals surface area contributed by atoms with Crippen LogP contribution in [0.1, 0.15) is 5.69 Å². The van der Waals surface area contributed by atoms with Crippen LogP contribution in [0.25, 0.3) is 5.78 Å². The maximum absolute atomic E-state index is 10.8. The van der Waals surface area contributed by atoms with Gasteiger partial charge in [0.05, 0.1) is 13.2 Å². The number of aromatic nitrogens is 4. The van der Waals surface area contributed by atoms with Crippen LogP contribution in [0.2, 0.25) is 0 Å². The fourth-order valence-electron chi connectivity index (χ4n) is 3.57. The Labute approximate surface area is 146 Å². The van der Waals surface area contributed by atoms with E-state index in [1.165, 1.54) is 6.33 Å². The zero-order valence-corrected chi connectivity index (χ0v) is 14.6. The van der Waals surface area contributed by atoms with Gasteiger partial charge < -0.3 is 20.1 Å². The molecule has 0 saturated carbocycles. The summed E-state index contributed by atoms with van der Waals surface area (Å²) in [6.07, 6.45) is 1.54. The summed E-state index contributed by atoms with van der Waals surface area (Å²) >= 11 is 0. The van der Waals surface area contributed by atoms with Crippen LogP contribution in [0.4, 0.5) is 5.82 Å². The number of anilines is 1. The molecule has 4 heterocycles. The summed E-state index contributed by atoms with van der Waals surface area (Å²) in [4.78, 5) is 13.2. The number of aliphatic hydroxyl groups is 1. The van der Waals surface area contributed by atoms with Crippen molar-refractivity contribution >= 4 is 11.6 Å². The fourth-order valence-corrected chi connectivity index (χ4v) is 3.57. The molecule has 2 N–H and O–H groups in total. The van der Waals surface area contributed by atoms with E-state index >= 15 is 0 Å². The van der Waals surface area contributed by atoms with Crippen molar-refractivity contribution < 1.29 is 9.84 Å². The van der Waals surface area contributed by atoms with Gasteiger partial charge in [-0.15, -0.1) is 0 Å². The third-order valence-electron chi connectivity index (χ3n) is 4.82. The van der Waals surface area contributed by atoms with Gasteiger partial charge in [0.1, 0.15) is 17.7 Å². The first-order valence-corrected chi connectivity index (χ1v) is 8.79. The van der Waals surface area contributed by atoms with E-state index in [1.807, 2.05) is 13.0 Å². The Bertz CT molecular complexity index is 718. The molecule has 0 spiro atoms. The number of ether oxygens (including phenoxy) is 1. The van der Waals surface area contributed by atoms with Gasteiger partial charge >= 0.3 is 0 Å². The number of piperazine rings is 1. The van der Waals surface area contributed by atoms with E-state index in [2.05, 4.69) is 30.2 Å². The molecule has 4 rings (SSSR count). The van der Waals surface area contributed by atoms with Crippen molar-refractivity contribution in [2.45, 2.75) is 12.5 Å². The summed E-state index contributed by atoms with van der Waals surface area (Å²) in [6, 6.07) is 2.05. The topological polar surface area (TPSA) is 91.0 Å². The van der Waals surface area contributed by atoms with Crippen LogP contribution in [0, 0.1) is 6.92 Å². The molecule has 0 aliphatic carbocycles. The quantitative estimate of drug-likeness (QED) is 0.724. The van der Waals surface area contributed by atoms with E-state index in [0.29, 0.717) is 32.1 Å². The van der Waals surface area contributed by atoms with E-state index in [0.717, 1.165) is 44.2 Å². The highest BCUT2D eigenvalue weighted by Gasteiger charge is 2.32. The number of β-amino-alcohol motifs (C(OH)–C–C–N with tert-alkyl or cyclic N) is 1. The molecule has 9 heteroatoms. The summed E-state index contributed by atoms with van der Waals surface area (Å²) < 4.78 is 7.31. The van der Waals surface area contributed by atoms with Gasteiger partial charge in [-0.25, -0.2) is 4.98 Å². The number of hydrogen-bond donors (Lipinski definition) is 2. The smallest absolute Gasteiger partial charge is 0.254 e. The molecule has 0 bridgehead atoms. The standard InChI is InChI=1S/C16H25N7O2/c1-13-8-14(23-15(20-13)18-12-19-23)22-5-3-21(4-6-22)10-16(24)9-17-2-7-25-11-16/h8,12,17,24H,2-7,9-11H2,1H3/t16-/m1/s1. The molecule has 9 nitrogen and oxygen atoms in total. The van der Waals surface area contributed by atoms with Crippen molar-refractivity contribution in [3.8, 4) is 0 Å². The highest BCUT2D eigenvalue weighted by molar-refractivity contribution is 5.47. The molecular weight excluding hydrogens is 322 g/mol. The number of rotatable bonds is 3. The minimum Gasteiger partial charge on any atom is -0.385 e. The number of nitrogens with zero attached hydrogens (tertiary/aromatic N) is 6. The molecule has 2 aromatic heterocycles. The van der Waals surface area contributed by atoms with Crippen molar-refractivity contribution in [1.29, 1.82) is 0 Å². The summed E-state index contributed by atoms with van der Waals surface area (Å²) in [5, 5.41) is 18.3. The van der Waals surface area contributed by atoms with E-state index in [4.69, 9.17) is 4.74 Å². The second kappa shape index (κ2) is 6.83. The van der Waals surface area contributed by atoms with Crippen LogP contribution in [0.5, 0.6) is 0 Å². The van der Waals surface area contributed by atoms with Crippen molar-refractivity contribution in [1.82, 2.24) is 29.8 Å². The number of hydrogen-bond acceptors (Lipinski definition) is 8. The molecular formula is C16H25N7O2. The SMILES string of the molecule is Cc1cc(N2CCN(C[C@]3(O)CNCCOC3)CC2)n2ncnc2n1. The summed E-state index contributed by atoms with van der Waals surface area (Å²) in [7, 11) is 0. The van der Waals surface area contributed by atoms with Gasteiger partial charge in [-0.2, -0.15) is 14.6 Å². The first kappa shape index (κ1) is 16.6. The molecule has 136 valence electrons. The lowest BCUT2D eigenvalue weighted by molar-refractivity contribution is -0.0495. The minimum absolute atomic E-state index is 0.392. The van der Waals surface area contributed by atoms with E-state index in [1.54, 1.807) is 4.52 Å². The highest BCUT2D eigenvalue weighted by atomic mass is 16.5. The van der Waals surface area contributed by atoms with Crippen LogP contribution in [-0.4, -0.2) is 94.2 Å². The zero-order valence-electron chi connectivity index (χ0n) is 14.6. The van der Waals surface area contributed by atoms with E-state index < -0.39 is 5.60 Å². The Morgan fingerprint density at radius 3 is 3.00 bits per heavy atom. The first-order chi connectivity index (χ1) is 12.1. The van der Waals surface area contributed by atoms with Gasteiger partial charge in [0.2, 0.25) is 0 Å². The predicted octanol–water partition coefficient (Wildman–Crippen LogP) is -1.09. The Morgan fingerprint density at radius 2 is 2.16 bits per heavy atom. The molecule has 0 aromatic carbocycles. The lowest BCUT2D eigenvalue weighted by atomic mass is 10.0. The lowest BCUT2D eigenvalue weighted by Gasteiger charge is -2.39. The molecule has 2 aromatic rings. The van der Waals surface area contributed by atoms with Gasteiger partial charge in [0.15, 0.2) is 0 Å². The van der Waals surface area contributed by atoms with E-state index in [-0.39, 0.29) is 0 Å². The molecule has 0 amide bonds. The first-order valence-electron chi connectivity index (χ1n) is 8.79. The van der Waals surface area contributed by atoms with Gasteiger partial charge in [-0.05, 0) is 6.92 Å². The molecule has 1 atom stereocenters. The average molecular weight is 347 g/mol. The summed E-state index contributed by atoms with van der Waals surface area (Å²) in [6.45, 7) is 8.56. The third kappa shape index (κ3) is 3.59. The normalized spacial score (nSPS) is 26.1. The van der Waals surface area contributed by atoms with Gasteiger partial charge in [-0.3, -0.25) is 4.90 Å². The predicted molar refractivity (Wildman–Crippen MR) is 92.8 cm³/mol. The Hall–Kier alpha value is -1.81.